The molecule has 0 bridgehead atoms. The maximum Gasteiger partial charge on any atom is 0.233 e. The minimum Gasteiger partial charge on any atom is -0.493 e. The van der Waals surface area contributed by atoms with Gasteiger partial charge in [-0.05, 0) is 67.6 Å². The van der Waals surface area contributed by atoms with E-state index in [4.69, 9.17) is 9.47 Å². The molecule has 2 heterocycles. The van der Waals surface area contributed by atoms with Crippen molar-refractivity contribution in [2.75, 3.05) is 46.0 Å². The predicted octanol–water partition coefficient (Wildman–Crippen LogP) is 4.71. The van der Waals surface area contributed by atoms with Crippen molar-refractivity contribution in [1.82, 2.24) is 9.80 Å². The molecule has 5 rings (SSSR count). The number of morpholine rings is 1. The first-order chi connectivity index (χ1) is 18.4. The average Bonchev–Trinajstić information content (AvgIpc) is 3.45. The van der Waals surface area contributed by atoms with E-state index in [-0.39, 0.29) is 23.4 Å². The Balaban J connectivity index is 1.31. The molecule has 0 spiro atoms. The zero-order valence-corrected chi connectivity index (χ0v) is 21.8. The van der Waals surface area contributed by atoms with Crippen LogP contribution in [-0.2, 0) is 19.7 Å². The lowest BCUT2D eigenvalue weighted by Gasteiger charge is -2.44. The largest absolute Gasteiger partial charge is 0.493 e. The summed E-state index contributed by atoms with van der Waals surface area (Å²) in [6, 6.07) is 12.4. The summed E-state index contributed by atoms with van der Waals surface area (Å²) in [5.74, 6) is 0.0365. The van der Waals surface area contributed by atoms with Gasteiger partial charge in [-0.1, -0.05) is 25.0 Å². The lowest BCUT2D eigenvalue weighted by molar-refractivity contribution is -0.143. The highest BCUT2D eigenvalue weighted by molar-refractivity contribution is 5.89. The number of amides is 2. The third-order valence-corrected chi connectivity index (χ3v) is 8.60. The van der Waals surface area contributed by atoms with E-state index in [0.717, 1.165) is 31.2 Å². The quantitative estimate of drug-likeness (QED) is 0.524. The summed E-state index contributed by atoms with van der Waals surface area (Å²) in [5, 5.41) is 0. The highest BCUT2D eigenvalue weighted by Crippen LogP contribution is 2.45. The second kappa shape index (κ2) is 11.4. The SMILES string of the molecule is O=C(CC1(COc2ccc(F)cc2)CCN(C(=O)C2(c3cccc(F)c3)CCCC2)CC1)N1CCOCC1. The maximum atomic E-state index is 14.1. The molecule has 2 amide bonds. The monoisotopic (exact) mass is 526 g/mol. The Morgan fingerprint density at radius 3 is 2.18 bits per heavy atom. The fourth-order valence-electron chi connectivity index (χ4n) is 6.26. The van der Waals surface area contributed by atoms with Crippen molar-refractivity contribution in [3.8, 4) is 5.75 Å². The van der Waals surface area contributed by atoms with Gasteiger partial charge in [-0.2, -0.15) is 0 Å². The molecule has 2 aliphatic heterocycles. The van der Waals surface area contributed by atoms with Gasteiger partial charge >= 0.3 is 0 Å². The van der Waals surface area contributed by atoms with Gasteiger partial charge in [-0.3, -0.25) is 9.59 Å². The number of nitrogens with zero attached hydrogens (tertiary/aromatic N) is 2. The first-order valence-electron chi connectivity index (χ1n) is 13.7. The van der Waals surface area contributed by atoms with E-state index in [0.29, 0.717) is 71.0 Å². The van der Waals surface area contributed by atoms with Crippen molar-refractivity contribution >= 4 is 11.8 Å². The van der Waals surface area contributed by atoms with E-state index in [1.807, 2.05) is 15.9 Å². The van der Waals surface area contributed by atoms with Crippen molar-refractivity contribution in [3.63, 3.8) is 0 Å². The Labute approximate surface area is 222 Å². The van der Waals surface area contributed by atoms with Crippen LogP contribution in [0, 0.1) is 17.0 Å². The number of rotatable bonds is 7. The molecule has 2 saturated heterocycles. The number of carbonyl (C=O) groups is 2. The third-order valence-electron chi connectivity index (χ3n) is 8.60. The van der Waals surface area contributed by atoms with Gasteiger partial charge in [0.2, 0.25) is 11.8 Å². The van der Waals surface area contributed by atoms with Crippen molar-refractivity contribution in [1.29, 1.82) is 0 Å². The number of hydrogen-bond donors (Lipinski definition) is 0. The number of ether oxygens (including phenoxy) is 2. The van der Waals surface area contributed by atoms with Gasteiger partial charge < -0.3 is 19.3 Å². The summed E-state index contributed by atoms with van der Waals surface area (Å²) in [4.78, 5) is 31.0. The fraction of sp³-hybridized carbons (Fsp3) is 0.533. The molecule has 0 N–H and O–H groups in total. The Morgan fingerprint density at radius 1 is 0.842 bits per heavy atom. The number of likely N-dealkylation sites (tertiary alicyclic amines) is 1. The molecule has 2 aromatic carbocycles. The highest BCUT2D eigenvalue weighted by Gasteiger charge is 2.47. The smallest absolute Gasteiger partial charge is 0.233 e. The Bertz CT molecular complexity index is 1120. The van der Waals surface area contributed by atoms with Crippen molar-refractivity contribution in [2.24, 2.45) is 5.41 Å². The molecule has 0 atom stereocenters. The summed E-state index contributed by atoms with van der Waals surface area (Å²) in [7, 11) is 0. The van der Waals surface area contributed by atoms with Crippen LogP contribution in [0.1, 0.15) is 50.5 Å². The van der Waals surface area contributed by atoms with Crippen LogP contribution in [0.5, 0.6) is 5.75 Å². The molecule has 0 radical (unpaired) electrons. The minimum atomic E-state index is -0.684. The van der Waals surface area contributed by atoms with Crippen LogP contribution < -0.4 is 4.74 Å². The van der Waals surface area contributed by atoms with Crippen molar-refractivity contribution in [3.05, 3.63) is 65.7 Å². The van der Waals surface area contributed by atoms with Gasteiger partial charge in [0.05, 0.1) is 25.2 Å². The molecule has 204 valence electrons. The second-order valence-corrected chi connectivity index (χ2v) is 11.0. The van der Waals surface area contributed by atoms with Crippen LogP contribution in [0.3, 0.4) is 0 Å². The maximum absolute atomic E-state index is 14.1. The van der Waals surface area contributed by atoms with Crippen LogP contribution in [0.4, 0.5) is 8.78 Å². The molecule has 1 aliphatic carbocycles. The van der Waals surface area contributed by atoms with Crippen LogP contribution in [-0.4, -0.2) is 67.6 Å². The summed E-state index contributed by atoms with van der Waals surface area (Å²) >= 11 is 0. The molecular formula is C30H36F2N2O4. The first kappa shape index (κ1) is 26.6. The topological polar surface area (TPSA) is 59.1 Å². The van der Waals surface area contributed by atoms with Crippen LogP contribution in [0.25, 0.3) is 0 Å². The van der Waals surface area contributed by atoms with E-state index in [1.165, 1.54) is 24.3 Å². The Hall–Kier alpha value is -3.00. The number of hydrogen-bond acceptors (Lipinski definition) is 4. The molecule has 1 saturated carbocycles. The van der Waals surface area contributed by atoms with Gasteiger partial charge in [-0.25, -0.2) is 8.78 Å². The molecule has 6 nitrogen and oxygen atoms in total. The minimum absolute atomic E-state index is 0.0631. The molecule has 3 fully saturated rings. The number of halogens is 2. The molecule has 3 aliphatic rings. The van der Waals surface area contributed by atoms with Crippen LogP contribution >= 0.6 is 0 Å². The Morgan fingerprint density at radius 2 is 1.53 bits per heavy atom. The molecule has 2 aromatic rings. The average molecular weight is 527 g/mol. The van der Waals surface area contributed by atoms with E-state index in [2.05, 4.69) is 0 Å². The molecule has 38 heavy (non-hydrogen) atoms. The highest BCUT2D eigenvalue weighted by atomic mass is 19.1. The summed E-state index contributed by atoms with van der Waals surface area (Å²) < 4.78 is 39.0. The van der Waals surface area contributed by atoms with Crippen LogP contribution in [0.2, 0.25) is 0 Å². The summed E-state index contributed by atoms with van der Waals surface area (Å²) in [6.07, 6.45) is 4.90. The van der Waals surface area contributed by atoms with Crippen LogP contribution in [0.15, 0.2) is 48.5 Å². The van der Waals surface area contributed by atoms with E-state index < -0.39 is 10.8 Å². The summed E-state index contributed by atoms with van der Waals surface area (Å²) in [6.45, 7) is 3.57. The van der Waals surface area contributed by atoms with E-state index >= 15 is 0 Å². The zero-order chi connectivity index (χ0) is 26.6. The van der Waals surface area contributed by atoms with Gasteiger partial charge in [0.1, 0.15) is 17.4 Å². The third kappa shape index (κ3) is 5.70. The second-order valence-electron chi connectivity index (χ2n) is 11.0. The van der Waals surface area contributed by atoms with E-state index in [9.17, 15) is 18.4 Å². The van der Waals surface area contributed by atoms with Crippen molar-refractivity contribution in [2.45, 2.75) is 50.4 Å². The number of benzene rings is 2. The van der Waals surface area contributed by atoms with Crippen molar-refractivity contribution < 1.29 is 27.8 Å². The molecule has 0 unspecified atom stereocenters. The lowest BCUT2D eigenvalue weighted by Crippen LogP contribution is -2.53. The fourth-order valence-corrected chi connectivity index (χ4v) is 6.26. The van der Waals surface area contributed by atoms with E-state index in [1.54, 1.807) is 18.2 Å². The van der Waals surface area contributed by atoms with Gasteiger partial charge in [0, 0.05) is 38.0 Å². The molecular weight excluding hydrogens is 490 g/mol. The Kier molecular flexibility index (Phi) is 7.98. The van der Waals surface area contributed by atoms with Gasteiger partial charge in [0.25, 0.3) is 0 Å². The first-order valence-corrected chi connectivity index (χ1v) is 13.7. The number of piperidine rings is 1. The van der Waals surface area contributed by atoms with Gasteiger partial charge in [-0.15, -0.1) is 0 Å². The zero-order valence-electron chi connectivity index (χ0n) is 21.8. The molecule has 0 aromatic heterocycles. The number of carbonyl (C=O) groups excluding carboxylic acids is 2. The van der Waals surface area contributed by atoms with Gasteiger partial charge in [0.15, 0.2) is 0 Å². The normalized spacial score (nSPS) is 20.8. The summed E-state index contributed by atoms with van der Waals surface area (Å²) in [5.41, 5.74) is -0.363. The molecule has 8 heteroatoms. The lowest BCUT2D eigenvalue weighted by atomic mass is 9.73. The standard InChI is InChI=1S/C30H36F2N2O4/c31-24-6-8-26(9-7-24)38-22-29(21-27(35)33-16-18-37-19-17-33)12-14-34(15-13-29)28(36)30(10-1-2-11-30)23-4-3-5-25(32)20-23/h3-9,20H,1-2,10-19,21-22H2. The predicted molar refractivity (Wildman–Crippen MR) is 139 cm³/mol.